The summed E-state index contributed by atoms with van der Waals surface area (Å²) in [6.45, 7) is 0. The molecule has 0 aliphatic heterocycles. The molecule has 0 aliphatic carbocycles. The molecule has 0 aliphatic rings. The SMILES string of the molecule is COc1ccc(-c2cc3ccc(OC(=O)c4cccc(OC)c4)cc3oc2=O)cc1. The van der Waals surface area contributed by atoms with Gasteiger partial charge in [-0.2, -0.15) is 0 Å². The second-order valence-electron chi connectivity index (χ2n) is 6.50. The number of hydrogen-bond acceptors (Lipinski definition) is 6. The van der Waals surface area contributed by atoms with Crippen molar-refractivity contribution in [3.8, 4) is 28.4 Å². The van der Waals surface area contributed by atoms with Gasteiger partial charge in [0.05, 0.1) is 25.3 Å². The fourth-order valence-corrected chi connectivity index (χ4v) is 3.04. The van der Waals surface area contributed by atoms with Crippen molar-refractivity contribution in [2.45, 2.75) is 0 Å². The quantitative estimate of drug-likeness (QED) is 0.274. The smallest absolute Gasteiger partial charge is 0.344 e. The fourth-order valence-electron chi connectivity index (χ4n) is 3.04. The zero-order valence-corrected chi connectivity index (χ0v) is 16.4. The number of carbonyl (C=O) groups is 1. The first kappa shape index (κ1) is 19.3. The Hall–Kier alpha value is -4.06. The molecule has 1 heterocycles. The van der Waals surface area contributed by atoms with E-state index in [0.29, 0.717) is 33.6 Å². The van der Waals surface area contributed by atoms with E-state index in [1.165, 1.54) is 13.2 Å². The first-order valence-corrected chi connectivity index (χ1v) is 9.16. The Labute approximate surface area is 172 Å². The molecule has 1 aromatic heterocycles. The molecule has 0 radical (unpaired) electrons. The average Bonchev–Trinajstić information content (AvgIpc) is 2.78. The Bertz CT molecular complexity index is 1270. The van der Waals surface area contributed by atoms with Gasteiger partial charge in [-0.05, 0) is 54.1 Å². The maximum absolute atomic E-state index is 12.5. The largest absolute Gasteiger partial charge is 0.497 e. The molecule has 0 saturated heterocycles. The zero-order valence-electron chi connectivity index (χ0n) is 16.4. The van der Waals surface area contributed by atoms with Crippen molar-refractivity contribution in [2.24, 2.45) is 0 Å². The second kappa shape index (κ2) is 8.13. The van der Waals surface area contributed by atoms with Crippen molar-refractivity contribution in [1.29, 1.82) is 0 Å². The van der Waals surface area contributed by atoms with Crippen LogP contribution in [0, 0.1) is 0 Å². The van der Waals surface area contributed by atoms with Crippen LogP contribution in [0.15, 0.2) is 82.0 Å². The number of methoxy groups -OCH3 is 2. The molecule has 4 rings (SSSR count). The van der Waals surface area contributed by atoms with Crippen LogP contribution in [0.5, 0.6) is 17.2 Å². The van der Waals surface area contributed by atoms with Gasteiger partial charge in [-0.1, -0.05) is 18.2 Å². The lowest BCUT2D eigenvalue weighted by Crippen LogP contribution is -2.08. The molecule has 0 unspecified atom stereocenters. The summed E-state index contributed by atoms with van der Waals surface area (Å²) in [5, 5.41) is 0.710. The molecule has 150 valence electrons. The molecular formula is C24H18O6. The minimum atomic E-state index is -0.537. The van der Waals surface area contributed by atoms with Crippen molar-refractivity contribution >= 4 is 16.9 Å². The summed E-state index contributed by atoms with van der Waals surface area (Å²) in [7, 11) is 3.11. The van der Waals surface area contributed by atoms with Gasteiger partial charge >= 0.3 is 11.6 Å². The first-order chi connectivity index (χ1) is 14.6. The van der Waals surface area contributed by atoms with Crippen molar-refractivity contribution in [2.75, 3.05) is 14.2 Å². The Kier molecular flexibility index (Phi) is 5.22. The van der Waals surface area contributed by atoms with E-state index in [4.69, 9.17) is 18.6 Å². The molecule has 6 heteroatoms. The lowest BCUT2D eigenvalue weighted by Gasteiger charge is -2.07. The molecule has 6 nitrogen and oxygen atoms in total. The number of rotatable bonds is 5. The molecule has 0 spiro atoms. The lowest BCUT2D eigenvalue weighted by molar-refractivity contribution is 0.0734. The summed E-state index contributed by atoms with van der Waals surface area (Å²) in [5.41, 5.74) is 1.36. The molecule has 0 atom stereocenters. The summed E-state index contributed by atoms with van der Waals surface area (Å²) in [6.07, 6.45) is 0. The highest BCUT2D eigenvalue weighted by molar-refractivity contribution is 5.92. The van der Waals surface area contributed by atoms with Crippen LogP contribution < -0.4 is 19.8 Å². The maximum Gasteiger partial charge on any atom is 0.344 e. The third-order valence-electron chi connectivity index (χ3n) is 4.62. The summed E-state index contributed by atoms with van der Waals surface area (Å²) < 4.78 is 21.2. The van der Waals surface area contributed by atoms with Crippen LogP contribution in [-0.2, 0) is 0 Å². The number of hydrogen-bond donors (Lipinski definition) is 0. The van der Waals surface area contributed by atoms with E-state index in [1.54, 1.807) is 73.8 Å². The highest BCUT2D eigenvalue weighted by Gasteiger charge is 2.12. The Balaban J connectivity index is 1.63. The highest BCUT2D eigenvalue weighted by atomic mass is 16.5. The van der Waals surface area contributed by atoms with Crippen LogP contribution in [0.25, 0.3) is 22.1 Å². The average molecular weight is 402 g/mol. The summed E-state index contributed by atoms with van der Waals surface area (Å²) in [5.74, 6) is 0.993. The Morgan fingerprint density at radius 2 is 1.53 bits per heavy atom. The normalized spacial score (nSPS) is 10.6. The van der Waals surface area contributed by atoms with E-state index in [0.717, 1.165) is 5.56 Å². The van der Waals surface area contributed by atoms with Gasteiger partial charge in [0.15, 0.2) is 0 Å². The molecule has 0 bridgehead atoms. The number of ether oxygens (including phenoxy) is 3. The fraction of sp³-hybridized carbons (Fsp3) is 0.0833. The van der Waals surface area contributed by atoms with Crippen molar-refractivity contribution in [1.82, 2.24) is 0 Å². The monoisotopic (exact) mass is 402 g/mol. The molecule has 3 aromatic carbocycles. The van der Waals surface area contributed by atoms with Gasteiger partial charge < -0.3 is 18.6 Å². The molecule has 0 fully saturated rings. The van der Waals surface area contributed by atoms with Crippen molar-refractivity contribution < 1.29 is 23.4 Å². The maximum atomic E-state index is 12.5. The van der Waals surface area contributed by atoms with Gasteiger partial charge in [-0.3, -0.25) is 0 Å². The van der Waals surface area contributed by atoms with Crippen LogP contribution >= 0.6 is 0 Å². The van der Waals surface area contributed by atoms with E-state index in [9.17, 15) is 9.59 Å². The van der Waals surface area contributed by atoms with Gasteiger partial charge in [0.2, 0.25) is 0 Å². The summed E-state index contributed by atoms with van der Waals surface area (Å²) in [4.78, 5) is 24.9. The predicted octanol–water partition coefficient (Wildman–Crippen LogP) is 4.70. The van der Waals surface area contributed by atoms with Gasteiger partial charge in [0.25, 0.3) is 0 Å². The number of fused-ring (bicyclic) bond motifs is 1. The highest BCUT2D eigenvalue weighted by Crippen LogP contribution is 2.26. The predicted molar refractivity (Wildman–Crippen MR) is 112 cm³/mol. The molecular weight excluding hydrogens is 384 g/mol. The van der Waals surface area contributed by atoms with Crippen molar-refractivity contribution in [3.63, 3.8) is 0 Å². The Morgan fingerprint density at radius 1 is 0.800 bits per heavy atom. The van der Waals surface area contributed by atoms with Crippen LogP contribution in [0.2, 0.25) is 0 Å². The molecule has 0 saturated carbocycles. The van der Waals surface area contributed by atoms with E-state index in [-0.39, 0.29) is 5.75 Å². The number of carbonyl (C=O) groups excluding carboxylic acids is 1. The minimum absolute atomic E-state index is 0.274. The minimum Gasteiger partial charge on any atom is -0.497 e. The Morgan fingerprint density at radius 3 is 2.27 bits per heavy atom. The second-order valence-corrected chi connectivity index (χ2v) is 6.50. The number of esters is 1. The van der Waals surface area contributed by atoms with E-state index in [2.05, 4.69) is 0 Å². The van der Waals surface area contributed by atoms with Crippen LogP contribution in [0.1, 0.15) is 10.4 Å². The first-order valence-electron chi connectivity index (χ1n) is 9.16. The van der Waals surface area contributed by atoms with E-state index >= 15 is 0 Å². The van der Waals surface area contributed by atoms with Gasteiger partial charge in [0, 0.05) is 11.5 Å². The summed E-state index contributed by atoms with van der Waals surface area (Å²) >= 11 is 0. The third-order valence-corrected chi connectivity index (χ3v) is 4.62. The number of benzene rings is 3. The molecule has 4 aromatic rings. The summed E-state index contributed by atoms with van der Waals surface area (Å²) in [6, 6.07) is 20.5. The topological polar surface area (TPSA) is 75.0 Å². The van der Waals surface area contributed by atoms with Gasteiger partial charge in [0.1, 0.15) is 22.8 Å². The molecule has 30 heavy (non-hydrogen) atoms. The van der Waals surface area contributed by atoms with E-state index in [1.807, 2.05) is 0 Å². The van der Waals surface area contributed by atoms with Crippen molar-refractivity contribution in [3.05, 3.63) is 88.8 Å². The standard InChI is InChI=1S/C24H18O6/c1-27-18-9-6-15(7-10-18)21-13-16-8-11-20(14-22(16)30-24(21)26)29-23(25)17-4-3-5-19(12-17)28-2/h3-14H,1-2H3. The molecule has 0 N–H and O–H groups in total. The van der Waals surface area contributed by atoms with Crippen LogP contribution in [-0.4, -0.2) is 20.2 Å². The third kappa shape index (κ3) is 3.89. The van der Waals surface area contributed by atoms with E-state index < -0.39 is 11.6 Å². The van der Waals surface area contributed by atoms with Crippen LogP contribution in [0.4, 0.5) is 0 Å². The van der Waals surface area contributed by atoms with Crippen LogP contribution in [0.3, 0.4) is 0 Å². The zero-order chi connectivity index (χ0) is 21.1. The lowest BCUT2D eigenvalue weighted by atomic mass is 10.1. The molecule has 0 amide bonds. The van der Waals surface area contributed by atoms with Gasteiger partial charge in [-0.25, -0.2) is 9.59 Å². The van der Waals surface area contributed by atoms with Gasteiger partial charge in [-0.15, -0.1) is 0 Å².